The molecule has 7 nitrogen and oxygen atoms in total. The smallest absolute Gasteiger partial charge is 0.229 e. The Kier molecular flexibility index (Phi) is 5.39. The first kappa shape index (κ1) is 18.9. The Hall–Kier alpha value is -3.45. The number of aromatic amines is 1. The molecule has 0 unspecified atom stereocenters. The molecule has 4 aromatic rings. The predicted octanol–water partition coefficient (Wildman–Crippen LogP) is 4.66. The minimum Gasteiger partial charge on any atom is -0.344 e. The van der Waals surface area contributed by atoms with Gasteiger partial charge in [-0.05, 0) is 37.1 Å². The van der Waals surface area contributed by atoms with Crippen LogP contribution in [0.5, 0.6) is 0 Å². The monoisotopic (exact) mass is 407 g/mol. The summed E-state index contributed by atoms with van der Waals surface area (Å²) >= 11 is 5.97. The van der Waals surface area contributed by atoms with Gasteiger partial charge in [-0.3, -0.25) is 9.89 Å². The van der Waals surface area contributed by atoms with Crippen molar-refractivity contribution in [1.29, 1.82) is 0 Å². The van der Waals surface area contributed by atoms with E-state index >= 15 is 0 Å². The van der Waals surface area contributed by atoms with Crippen LogP contribution in [0, 0.1) is 6.92 Å². The Morgan fingerprint density at radius 2 is 1.90 bits per heavy atom. The molecule has 0 radical (unpaired) electrons. The molecule has 2 N–H and O–H groups in total. The highest BCUT2D eigenvalue weighted by Crippen LogP contribution is 2.27. The largest absolute Gasteiger partial charge is 0.344 e. The van der Waals surface area contributed by atoms with Crippen molar-refractivity contribution >= 4 is 23.2 Å². The maximum atomic E-state index is 12.5. The number of carbonyl (C=O) groups excluding carboxylic acids is 1. The number of aromatic nitrogens is 4. The van der Waals surface area contributed by atoms with Crippen molar-refractivity contribution in [2.75, 3.05) is 5.32 Å². The van der Waals surface area contributed by atoms with E-state index in [0.29, 0.717) is 29.5 Å². The first-order valence-corrected chi connectivity index (χ1v) is 9.47. The van der Waals surface area contributed by atoms with Crippen LogP contribution >= 0.6 is 11.6 Å². The molecule has 29 heavy (non-hydrogen) atoms. The lowest BCUT2D eigenvalue weighted by atomic mass is 10.1. The fourth-order valence-electron chi connectivity index (χ4n) is 2.99. The van der Waals surface area contributed by atoms with Gasteiger partial charge in [-0.2, -0.15) is 5.10 Å². The molecule has 0 bridgehead atoms. The molecule has 4 rings (SSSR count). The van der Waals surface area contributed by atoms with Crippen LogP contribution in [-0.4, -0.2) is 26.2 Å². The Morgan fingerprint density at radius 1 is 1.14 bits per heavy atom. The predicted molar refractivity (Wildman–Crippen MR) is 110 cm³/mol. The van der Waals surface area contributed by atoms with Crippen molar-refractivity contribution in [3.05, 3.63) is 71.1 Å². The summed E-state index contributed by atoms with van der Waals surface area (Å²) in [7, 11) is 0. The number of halogens is 1. The molecular weight excluding hydrogens is 390 g/mol. The Morgan fingerprint density at radius 3 is 2.66 bits per heavy atom. The van der Waals surface area contributed by atoms with Gasteiger partial charge in [0.2, 0.25) is 11.1 Å². The average Bonchev–Trinajstić information content (AvgIpc) is 3.35. The summed E-state index contributed by atoms with van der Waals surface area (Å²) < 4.78 is 4.93. The van der Waals surface area contributed by atoms with Gasteiger partial charge in [-0.15, -0.1) is 0 Å². The second-order valence-corrected chi connectivity index (χ2v) is 6.83. The molecule has 0 saturated carbocycles. The van der Waals surface area contributed by atoms with Crippen molar-refractivity contribution in [3.63, 3.8) is 0 Å². The SMILES string of the molecule is Cc1noc(Cl)c1CCC(=O)Nc1ccccc1-c1nc(-c2ccccc2)n[nH]1. The summed E-state index contributed by atoms with van der Waals surface area (Å²) in [6.45, 7) is 1.80. The number of H-pyrrole nitrogens is 1. The number of hydrogen-bond donors (Lipinski definition) is 2. The Labute approximate surface area is 172 Å². The van der Waals surface area contributed by atoms with Crippen molar-refractivity contribution in [2.24, 2.45) is 0 Å². The number of anilines is 1. The summed E-state index contributed by atoms with van der Waals surface area (Å²) in [5, 5.41) is 14.2. The normalized spacial score (nSPS) is 10.8. The standard InChI is InChI=1S/C21H18ClN5O2/c1-13-15(19(22)29-27-13)11-12-18(28)23-17-10-6-5-9-16(17)21-24-20(25-26-21)14-7-3-2-4-8-14/h2-10H,11-12H2,1H3,(H,23,28)(H,24,25,26). The fourth-order valence-corrected chi connectivity index (χ4v) is 3.25. The van der Waals surface area contributed by atoms with Gasteiger partial charge in [0.25, 0.3) is 0 Å². The first-order valence-electron chi connectivity index (χ1n) is 9.09. The molecule has 2 aromatic heterocycles. The second kappa shape index (κ2) is 8.28. The van der Waals surface area contributed by atoms with Crippen molar-refractivity contribution in [3.8, 4) is 22.8 Å². The summed E-state index contributed by atoms with van der Waals surface area (Å²) in [6.07, 6.45) is 0.699. The molecule has 0 spiro atoms. The molecule has 0 aliphatic heterocycles. The number of hydrogen-bond acceptors (Lipinski definition) is 5. The van der Waals surface area contributed by atoms with Crippen molar-refractivity contribution in [1.82, 2.24) is 20.3 Å². The molecule has 0 aliphatic carbocycles. The van der Waals surface area contributed by atoms with Gasteiger partial charge in [0.05, 0.1) is 11.4 Å². The van der Waals surface area contributed by atoms with E-state index in [1.807, 2.05) is 54.6 Å². The lowest BCUT2D eigenvalue weighted by molar-refractivity contribution is -0.116. The maximum absolute atomic E-state index is 12.5. The van der Waals surface area contributed by atoms with Gasteiger partial charge in [-0.1, -0.05) is 47.6 Å². The number of nitrogens with one attached hydrogen (secondary N) is 2. The van der Waals surface area contributed by atoms with Gasteiger partial charge in [0.15, 0.2) is 11.6 Å². The molecule has 1 amide bonds. The zero-order valence-corrected chi connectivity index (χ0v) is 16.4. The average molecular weight is 408 g/mol. The number of nitrogens with zero attached hydrogens (tertiary/aromatic N) is 3. The quantitative estimate of drug-likeness (QED) is 0.484. The van der Waals surface area contributed by atoms with Gasteiger partial charge in [0.1, 0.15) is 0 Å². The Balaban J connectivity index is 1.50. The van der Waals surface area contributed by atoms with E-state index in [2.05, 4.69) is 25.7 Å². The van der Waals surface area contributed by atoms with Crippen LogP contribution in [0.2, 0.25) is 5.22 Å². The highest BCUT2D eigenvalue weighted by Gasteiger charge is 2.15. The van der Waals surface area contributed by atoms with E-state index in [-0.39, 0.29) is 17.5 Å². The van der Waals surface area contributed by atoms with Gasteiger partial charge >= 0.3 is 0 Å². The van der Waals surface area contributed by atoms with Crippen LogP contribution in [0.25, 0.3) is 22.8 Å². The Bertz CT molecular complexity index is 1120. The van der Waals surface area contributed by atoms with Crippen molar-refractivity contribution in [2.45, 2.75) is 19.8 Å². The fraction of sp³-hybridized carbons (Fsp3) is 0.143. The number of carbonyl (C=O) groups is 1. The molecule has 0 aliphatic rings. The molecule has 0 atom stereocenters. The highest BCUT2D eigenvalue weighted by atomic mass is 35.5. The minimum absolute atomic E-state index is 0.142. The van der Waals surface area contributed by atoms with Crippen LogP contribution in [0.4, 0.5) is 5.69 Å². The third kappa shape index (κ3) is 4.20. The van der Waals surface area contributed by atoms with E-state index in [1.54, 1.807) is 6.92 Å². The number of para-hydroxylation sites is 1. The number of rotatable bonds is 6. The van der Waals surface area contributed by atoms with Crippen LogP contribution in [-0.2, 0) is 11.2 Å². The number of benzene rings is 2. The summed E-state index contributed by atoms with van der Waals surface area (Å²) in [5.41, 5.74) is 3.77. The third-order valence-corrected chi connectivity index (χ3v) is 4.81. The topological polar surface area (TPSA) is 96.7 Å². The lowest BCUT2D eigenvalue weighted by Crippen LogP contribution is -2.13. The van der Waals surface area contributed by atoms with Gasteiger partial charge in [0, 0.05) is 23.1 Å². The van der Waals surface area contributed by atoms with E-state index in [1.165, 1.54) is 0 Å². The van der Waals surface area contributed by atoms with Gasteiger partial charge < -0.3 is 9.84 Å². The van der Waals surface area contributed by atoms with Crippen LogP contribution < -0.4 is 5.32 Å². The molecule has 2 aromatic carbocycles. The van der Waals surface area contributed by atoms with Crippen LogP contribution in [0.3, 0.4) is 0 Å². The zero-order valence-electron chi connectivity index (χ0n) is 15.6. The van der Waals surface area contributed by atoms with E-state index in [0.717, 1.165) is 16.7 Å². The summed E-state index contributed by atoms with van der Waals surface area (Å²) in [6, 6.07) is 17.1. The lowest BCUT2D eigenvalue weighted by Gasteiger charge is -2.09. The van der Waals surface area contributed by atoms with Crippen LogP contribution in [0.1, 0.15) is 17.7 Å². The third-order valence-electron chi connectivity index (χ3n) is 4.51. The van der Waals surface area contributed by atoms with Crippen molar-refractivity contribution < 1.29 is 9.32 Å². The first-order chi connectivity index (χ1) is 14.1. The summed E-state index contributed by atoms with van der Waals surface area (Å²) in [5.74, 6) is 1.04. The molecule has 2 heterocycles. The zero-order chi connectivity index (χ0) is 20.2. The molecule has 8 heteroatoms. The summed E-state index contributed by atoms with van der Waals surface area (Å²) in [4.78, 5) is 17.1. The molecule has 146 valence electrons. The maximum Gasteiger partial charge on any atom is 0.229 e. The van der Waals surface area contributed by atoms with Crippen LogP contribution in [0.15, 0.2) is 59.1 Å². The highest BCUT2D eigenvalue weighted by molar-refractivity contribution is 6.29. The van der Waals surface area contributed by atoms with Gasteiger partial charge in [-0.25, -0.2) is 4.98 Å². The van der Waals surface area contributed by atoms with E-state index in [4.69, 9.17) is 16.1 Å². The van der Waals surface area contributed by atoms with E-state index < -0.39 is 0 Å². The molecule has 0 fully saturated rings. The van der Waals surface area contributed by atoms with E-state index in [9.17, 15) is 4.79 Å². The second-order valence-electron chi connectivity index (χ2n) is 6.49. The molecule has 0 saturated heterocycles. The molecular formula is C21H18ClN5O2. The number of amides is 1. The minimum atomic E-state index is -0.142. The number of aryl methyl sites for hydroxylation is 1.